The molecule has 0 saturated heterocycles. The van der Waals surface area contributed by atoms with E-state index in [-0.39, 0.29) is 11.7 Å². The minimum absolute atomic E-state index is 0.0905. The second-order valence-electron chi connectivity index (χ2n) is 5.40. The van der Waals surface area contributed by atoms with Gasteiger partial charge in [-0.1, -0.05) is 54.6 Å². The van der Waals surface area contributed by atoms with Crippen LogP contribution in [0.4, 0.5) is 10.8 Å². The SMILES string of the molecule is Cc1c(Cl)cccc1NC(=O)CSc1nnc(NCC(C)C)s1. The van der Waals surface area contributed by atoms with Crippen LogP contribution in [0.3, 0.4) is 0 Å². The van der Waals surface area contributed by atoms with Gasteiger partial charge in [-0.15, -0.1) is 10.2 Å². The van der Waals surface area contributed by atoms with Crippen LogP contribution in [0.5, 0.6) is 0 Å². The molecule has 2 aromatic rings. The van der Waals surface area contributed by atoms with E-state index < -0.39 is 0 Å². The second-order valence-corrected chi connectivity index (χ2v) is 8.00. The molecule has 8 heteroatoms. The number of aromatic nitrogens is 2. The number of benzene rings is 1. The maximum absolute atomic E-state index is 12.0. The summed E-state index contributed by atoms with van der Waals surface area (Å²) in [7, 11) is 0. The first kappa shape index (κ1) is 18.0. The van der Waals surface area contributed by atoms with Crippen LogP contribution in [0.15, 0.2) is 22.5 Å². The van der Waals surface area contributed by atoms with E-state index in [2.05, 4.69) is 34.7 Å². The second kappa shape index (κ2) is 8.52. The molecule has 2 rings (SSSR count). The van der Waals surface area contributed by atoms with Crippen molar-refractivity contribution in [2.24, 2.45) is 5.92 Å². The molecule has 2 N–H and O–H groups in total. The van der Waals surface area contributed by atoms with Crippen LogP contribution in [0, 0.1) is 12.8 Å². The summed E-state index contributed by atoms with van der Waals surface area (Å²) < 4.78 is 0.772. The molecular weight excluding hydrogens is 352 g/mol. The highest BCUT2D eigenvalue weighted by molar-refractivity contribution is 8.01. The third-order valence-corrected chi connectivity index (χ3v) is 5.36. The van der Waals surface area contributed by atoms with Gasteiger partial charge in [-0.2, -0.15) is 0 Å². The lowest BCUT2D eigenvalue weighted by atomic mass is 10.2. The highest BCUT2D eigenvalue weighted by Gasteiger charge is 2.10. The average molecular weight is 371 g/mol. The van der Waals surface area contributed by atoms with Crippen molar-refractivity contribution in [3.63, 3.8) is 0 Å². The number of carbonyl (C=O) groups excluding carboxylic acids is 1. The van der Waals surface area contributed by atoms with E-state index in [0.717, 1.165) is 27.3 Å². The number of thioether (sulfide) groups is 1. The molecule has 1 amide bonds. The maximum atomic E-state index is 12.0. The molecule has 5 nitrogen and oxygen atoms in total. The quantitative estimate of drug-likeness (QED) is 0.711. The van der Waals surface area contributed by atoms with E-state index in [1.165, 1.54) is 23.1 Å². The number of anilines is 2. The molecule has 1 aromatic heterocycles. The molecule has 0 aliphatic rings. The Morgan fingerprint density at radius 1 is 1.39 bits per heavy atom. The third-order valence-electron chi connectivity index (χ3n) is 2.94. The van der Waals surface area contributed by atoms with E-state index in [1.807, 2.05) is 19.1 Å². The van der Waals surface area contributed by atoms with Crippen molar-refractivity contribution in [2.45, 2.75) is 25.1 Å². The highest BCUT2D eigenvalue weighted by Crippen LogP contribution is 2.26. The predicted molar refractivity (Wildman–Crippen MR) is 98.8 cm³/mol. The van der Waals surface area contributed by atoms with Crippen molar-refractivity contribution < 1.29 is 4.79 Å². The van der Waals surface area contributed by atoms with Gasteiger partial charge in [-0.25, -0.2) is 0 Å². The Balaban J connectivity index is 1.83. The van der Waals surface area contributed by atoms with Crippen molar-refractivity contribution in [1.82, 2.24) is 10.2 Å². The standard InChI is InChI=1S/C15H19ClN4OS2/c1-9(2)7-17-14-19-20-15(23-14)22-8-13(21)18-12-6-4-5-11(16)10(12)3/h4-6,9H,7-8H2,1-3H3,(H,17,19)(H,18,21). The lowest BCUT2D eigenvalue weighted by Crippen LogP contribution is -2.14. The summed E-state index contributed by atoms with van der Waals surface area (Å²) in [6.45, 7) is 6.99. The zero-order valence-corrected chi connectivity index (χ0v) is 15.6. The Morgan fingerprint density at radius 2 is 2.17 bits per heavy atom. The van der Waals surface area contributed by atoms with Crippen LogP contribution in [-0.4, -0.2) is 28.4 Å². The molecular formula is C15H19ClN4OS2. The number of rotatable bonds is 7. The van der Waals surface area contributed by atoms with E-state index in [9.17, 15) is 4.79 Å². The van der Waals surface area contributed by atoms with Gasteiger partial charge in [0.15, 0.2) is 4.34 Å². The highest BCUT2D eigenvalue weighted by atomic mass is 35.5. The molecule has 0 aliphatic heterocycles. The first-order valence-electron chi connectivity index (χ1n) is 7.21. The van der Waals surface area contributed by atoms with Gasteiger partial charge in [0.05, 0.1) is 5.75 Å². The molecule has 0 radical (unpaired) electrons. The summed E-state index contributed by atoms with van der Waals surface area (Å²) >= 11 is 8.87. The van der Waals surface area contributed by atoms with Gasteiger partial charge in [0, 0.05) is 17.3 Å². The molecule has 0 spiro atoms. The molecule has 124 valence electrons. The van der Waals surface area contributed by atoms with Gasteiger partial charge in [-0.05, 0) is 30.5 Å². The van der Waals surface area contributed by atoms with E-state index in [1.54, 1.807) is 6.07 Å². The predicted octanol–water partition coefficient (Wildman–Crippen LogP) is 4.30. The van der Waals surface area contributed by atoms with Crippen LogP contribution in [0.1, 0.15) is 19.4 Å². The van der Waals surface area contributed by atoms with Crippen molar-refractivity contribution >= 4 is 51.4 Å². The fourth-order valence-corrected chi connectivity index (χ4v) is 3.42. The number of nitrogens with zero attached hydrogens (tertiary/aromatic N) is 2. The number of carbonyl (C=O) groups is 1. The molecule has 1 heterocycles. The minimum Gasteiger partial charge on any atom is -0.360 e. The monoisotopic (exact) mass is 370 g/mol. The van der Waals surface area contributed by atoms with Gasteiger partial charge in [-0.3, -0.25) is 4.79 Å². The summed E-state index contributed by atoms with van der Waals surface area (Å²) in [5, 5.41) is 15.6. The van der Waals surface area contributed by atoms with Crippen LogP contribution < -0.4 is 10.6 Å². The third kappa shape index (κ3) is 5.67. The molecule has 0 bridgehead atoms. The van der Waals surface area contributed by atoms with E-state index in [4.69, 9.17) is 11.6 Å². The fourth-order valence-electron chi connectivity index (χ4n) is 1.69. The van der Waals surface area contributed by atoms with Crippen LogP contribution >= 0.6 is 34.7 Å². The molecule has 23 heavy (non-hydrogen) atoms. The number of hydrogen-bond acceptors (Lipinski definition) is 6. The summed E-state index contributed by atoms with van der Waals surface area (Å²) in [5.74, 6) is 0.735. The first-order chi connectivity index (χ1) is 11.0. The number of halogens is 1. The fraction of sp³-hybridized carbons (Fsp3) is 0.400. The molecule has 0 saturated carbocycles. The van der Waals surface area contributed by atoms with Crippen molar-refractivity contribution in [3.05, 3.63) is 28.8 Å². The van der Waals surface area contributed by atoms with Crippen molar-refractivity contribution in [1.29, 1.82) is 0 Å². The summed E-state index contributed by atoms with van der Waals surface area (Å²) in [5.41, 5.74) is 1.60. The number of nitrogens with one attached hydrogen (secondary N) is 2. The number of amides is 1. The Kier molecular flexibility index (Phi) is 6.68. The summed E-state index contributed by atoms with van der Waals surface area (Å²) in [6, 6.07) is 5.45. The van der Waals surface area contributed by atoms with E-state index in [0.29, 0.717) is 10.9 Å². The van der Waals surface area contributed by atoms with Gasteiger partial charge in [0.1, 0.15) is 0 Å². The molecule has 0 atom stereocenters. The molecule has 1 aromatic carbocycles. The average Bonchev–Trinajstić information content (AvgIpc) is 2.96. The minimum atomic E-state index is -0.0905. The topological polar surface area (TPSA) is 66.9 Å². The molecule has 0 aliphatic carbocycles. The van der Waals surface area contributed by atoms with Gasteiger partial charge >= 0.3 is 0 Å². The van der Waals surface area contributed by atoms with Gasteiger partial charge in [0.25, 0.3) is 0 Å². The van der Waals surface area contributed by atoms with Crippen LogP contribution in [0.25, 0.3) is 0 Å². The zero-order valence-electron chi connectivity index (χ0n) is 13.2. The Bertz CT molecular complexity index is 675. The first-order valence-corrected chi connectivity index (χ1v) is 9.39. The Hall–Kier alpha value is -1.31. The van der Waals surface area contributed by atoms with Crippen LogP contribution in [-0.2, 0) is 4.79 Å². The summed E-state index contributed by atoms with van der Waals surface area (Å²) in [4.78, 5) is 12.0. The van der Waals surface area contributed by atoms with Gasteiger partial charge < -0.3 is 10.6 Å². The largest absolute Gasteiger partial charge is 0.360 e. The van der Waals surface area contributed by atoms with Crippen molar-refractivity contribution in [2.75, 3.05) is 22.9 Å². The maximum Gasteiger partial charge on any atom is 0.234 e. The smallest absolute Gasteiger partial charge is 0.234 e. The van der Waals surface area contributed by atoms with Crippen molar-refractivity contribution in [3.8, 4) is 0 Å². The normalized spacial score (nSPS) is 10.8. The zero-order chi connectivity index (χ0) is 16.8. The Morgan fingerprint density at radius 3 is 2.91 bits per heavy atom. The van der Waals surface area contributed by atoms with E-state index >= 15 is 0 Å². The van der Waals surface area contributed by atoms with Crippen LogP contribution in [0.2, 0.25) is 5.02 Å². The molecule has 0 fully saturated rings. The Labute approximate surface area is 149 Å². The lowest BCUT2D eigenvalue weighted by Gasteiger charge is -2.08. The summed E-state index contributed by atoms with van der Waals surface area (Å²) in [6.07, 6.45) is 0. The lowest BCUT2D eigenvalue weighted by molar-refractivity contribution is -0.113. The van der Waals surface area contributed by atoms with Gasteiger partial charge in [0.2, 0.25) is 11.0 Å². The molecule has 0 unspecified atom stereocenters. The number of hydrogen-bond donors (Lipinski definition) is 2.